The highest BCUT2D eigenvalue weighted by molar-refractivity contribution is 4.92. The van der Waals surface area contributed by atoms with Crippen molar-refractivity contribution in [2.75, 3.05) is 0 Å². The molecule has 9 heavy (non-hydrogen) atoms. The zero-order chi connectivity index (χ0) is 6.27. The fourth-order valence-corrected chi connectivity index (χ4v) is 2.05. The van der Waals surface area contributed by atoms with E-state index in [4.69, 9.17) is 0 Å². The van der Waals surface area contributed by atoms with Crippen LogP contribution in [0.25, 0.3) is 0 Å². The summed E-state index contributed by atoms with van der Waals surface area (Å²) >= 11 is 0. The van der Waals surface area contributed by atoms with Gasteiger partial charge in [-0.15, -0.1) is 0 Å². The van der Waals surface area contributed by atoms with Gasteiger partial charge in [-0.25, -0.2) is 0 Å². The predicted octanol–water partition coefficient (Wildman–Crippen LogP) is 1.56. The van der Waals surface area contributed by atoms with Crippen LogP contribution in [0.2, 0.25) is 0 Å². The lowest BCUT2D eigenvalue weighted by Gasteiger charge is -2.04. The maximum atomic E-state index is 9.40. The maximum Gasteiger partial charge on any atom is 0.0571 e. The molecule has 0 aromatic carbocycles. The van der Waals surface area contributed by atoms with E-state index in [0.717, 1.165) is 12.3 Å². The maximum absolute atomic E-state index is 9.40. The van der Waals surface area contributed by atoms with Crippen molar-refractivity contribution in [2.24, 2.45) is 11.8 Å². The first kappa shape index (κ1) is 5.72. The van der Waals surface area contributed by atoms with E-state index in [9.17, 15) is 5.11 Å². The normalized spacial score (nSPS) is 49.7. The Bertz CT molecular complexity index is 111. The van der Waals surface area contributed by atoms with E-state index in [0.29, 0.717) is 5.92 Å². The fourth-order valence-electron chi connectivity index (χ4n) is 2.05. The first-order chi connectivity index (χ1) is 4.38. The average molecular weight is 126 g/mol. The summed E-state index contributed by atoms with van der Waals surface area (Å²) in [5.74, 6) is 1.63. The van der Waals surface area contributed by atoms with Crippen LogP contribution in [0.3, 0.4) is 0 Å². The summed E-state index contributed by atoms with van der Waals surface area (Å²) in [6, 6.07) is 0. The van der Waals surface area contributed by atoms with Crippen molar-refractivity contribution >= 4 is 0 Å². The lowest BCUT2D eigenvalue weighted by molar-refractivity contribution is 0.139. The second-order valence-corrected chi connectivity index (χ2v) is 3.51. The number of aliphatic hydroxyl groups excluding tert-OH is 1. The highest BCUT2D eigenvalue weighted by Gasteiger charge is 2.42. The third kappa shape index (κ3) is 0.983. The fraction of sp³-hybridized carbons (Fsp3) is 1.00. The van der Waals surface area contributed by atoms with Crippen LogP contribution in [-0.2, 0) is 0 Å². The molecular weight excluding hydrogens is 112 g/mol. The van der Waals surface area contributed by atoms with Gasteiger partial charge in [0, 0.05) is 0 Å². The van der Waals surface area contributed by atoms with Crippen LogP contribution in [0.4, 0.5) is 0 Å². The van der Waals surface area contributed by atoms with E-state index >= 15 is 0 Å². The molecule has 0 spiro atoms. The van der Waals surface area contributed by atoms with Crippen molar-refractivity contribution in [3.63, 3.8) is 0 Å². The van der Waals surface area contributed by atoms with Crippen LogP contribution in [-0.4, -0.2) is 11.2 Å². The minimum Gasteiger partial charge on any atom is -0.393 e. The number of hydrogen-bond donors (Lipinski definition) is 1. The molecule has 0 amide bonds. The highest BCUT2D eigenvalue weighted by atomic mass is 16.3. The van der Waals surface area contributed by atoms with Crippen molar-refractivity contribution in [1.29, 1.82) is 0 Å². The molecule has 2 rings (SSSR count). The van der Waals surface area contributed by atoms with Crippen LogP contribution in [0, 0.1) is 11.8 Å². The Kier molecular flexibility index (Phi) is 1.26. The van der Waals surface area contributed by atoms with Gasteiger partial charge in [-0.05, 0) is 24.7 Å². The Balaban J connectivity index is 1.96. The quantitative estimate of drug-likeness (QED) is 0.522. The molecule has 0 bridgehead atoms. The van der Waals surface area contributed by atoms with Crippen LogP contribution in [0.15, 0.2) is 0 Å². The Morgan fingerprint density at radius 1 is 1.11 bits per heavy atom. The summed E-state index contributed by atoms with van der Waals surface area (Å²) in [5, 5.41) is 9.40. The molecule has 2 aliphatic carbocycles. The zero-order valence-electron chi connectivity index (χ0n) is 5.71. The summed E-state index contributed by atoms with van der Waals surface area (Å²) < 4.78 is 0. The number of hydrogen-bond acceptors (Lipinski definition) is 1. The largest absolute Gasteiger partial charge is 0.393 e. The molecule has 0 aromatic heterocycles. The monoisotopic (exact) mass is 126 g/mol. The smallest absolute Gasteiger partial charge is 0.0571 e. The first-order valence-corrected chi connectivity index (χ1v) is 4.06. The molecule has 0 radical (unpaired) electrons. The summed E-state index contributed by atoms with van der Waals surface area (Å²) in [4.78, 5) is 0. The molecule has 0 heterocycles. The predicted molar refractivity (Wildman–Crippen MR) is 36.1 cm³/mol. The van der Waals surface area contributed by atoms with Crippen molar-refractivity contribution < 1.29 is 5.11 Å². The minimum absolute atomic E-state index is 0.0671. The van der Waals surface area contributed by atoms with Crippen LogP contribution in [0.1, 0.15) is 32.1 Å². The number of fused-ring (bicyclic) bond motifs is 1. The van der Waals surface area contributed by atoms with E-state index in [1.54, 1.807) is 0 Å². The molecule has 1 nitrogen and oxygen atoms in total. The molecule has 3 atom stereocenters. The zero-order valence-corrected chi connectivity index (χ0v) is 5.71. The van der Waals surface area contributed by atoms with Crippen molar-refractivity contribution in [1.82, 2.24) is 0 Å². The number of aliphatic hydroxyl groups is 1. The Hall–Kier alpha value is -0.0400. The lowest BCUT2D eigenvalue weighted by atomic mass is 10.1. The van der Waals surface area contributed by atoms with Crippen LogP contribution >= 0.6 is 0 Å². The second-order valence-electron chi connectivity index (χ2n) is 3.51. The lowest BCUT2D eigenvalue weighted by Crippen LogP contribution is -2.07. The molecule has 2 saturated carbocycles. The van der Waals surface area contributed by atoms with E-state index < -0.39 is 0 Å². The Morgan fingerprint density at radius 2 is 1.89 bits per heavy atom. The summed E-state index contributed by atoms with van der Waals surface area (Å²) in [6.45, 7) is 0. The van der Waals surface area contributed by atoms with Crippen molar-refractivity contribution in [2.45, 2.75) is 38.2 Å². The molecule has 2 fully saturated rings. The summed E-state index contributed by atoms with van der Waals surface area (Å²) in [7, 11) is 0. The Morgan fingerprint density at radius 3 is 2.78 bits per heavy atom. The van der Waals surface area contributed by atoms with Gasteiger partial charge in [-0.3, -0.25) is 0 Å². The highest BCUT2D eigenvalue weighted by Crippen LogP contribution is 2.47. The summed E-state index contributed by atoms with van der Waals surface area (Å²) in [6.07, 6.45) is 6.47. The molecule has 0 saturated heterocycles. The Labute approximate surface area is 56.1 Å². The van der Waals surface area contributed by atoms with Gasteiger partial charge in [-0.2, -0.15) is 0 Å². The van der Waals surface area contributed by atoms with Gasteiger partial charge in [0.1, 0.15) is 0 Å². The van der Waals surface area contributed by atoms with Gasteiger partial charge in [-0.1, -0.05) is 19.3 Å². The van der Waals surface area contributed by atoms with E-state index in [2.05, 4.69) is 0 Å². The third-order valence-electron chi connectivity index (χ3n) is 2.80. The molecule has 2 aliphatic rings. The van der Waals surface area contributed by atoms with Gasteiger partial charge in [0.15, 0.2) is 0 Å². The molecule has 1 N–H and O–H groups in total. The first-order valence-electron chi connectivity index (χ1n) is 4.06. The topological polar surface area (TPSA) is 20.2 Å². The van der Waals surface area contributed by atoms with E-state index in [-0.39, 0.29) is 6.10 Å². The van der Waals surface area contributed by atoms with E-state index in [1.807, 2.05) is 0 Å². The van der Waals surface area contributed by atoms with Gasteiger partial charge in [0.25, 0.3) is 0 Å². The van der Waals surface area contributed by atoms with Crippen molar-refractivity contribution in [3.05, 3.63) is 0 Å². The standard InChI is InChI=1S/C8H14O/c9-8-4-2-1-3-6-5-7(6)8/h6-9H,1-5H2/t6-,7-,8-/m1/s1. The van der Waals surface area contributed by atoms with E-state index in [1.165, 1.54) is 25.7 Å². The summed E-state index contributed by atoms with van der Waals surface area (Å²) in [5.41, 5.74) is 0. The molecule has 52 valence electrons. The van der Waals surface area contributed by atoms with Gasteiger partial charge in [0.2, 0.25) is 0 Å². The van der Waals surface area contributed by atoms with Crippen molar-refractivity contribution in [3.8, 4) is 0 Å². The molecule has 0 aliphatic heterocycles. The van der Waals surface area contributed by atoms with Gasteiger partial charge >= 0.3 is 0 Å². The SMILES string of the molecule is O[C@@H]1CCCC[C@@H]2C[C@H]21. The number of rotatable bonds is 0. The van der Waals surface area contributed by atoms with Gasteiger partial charge in [0.05, 0.1) is 6.10 Å². The van der Waals surface area contributed by atoms with Gasteiger partial charge < -0.3 is 5.11 Å². The second kappa shape index (κ2) is 1.98. The van der Waals surface area contributed by atoms with Crippen LogP contribution in [0.5, 0.6) is 0 Å². The molecular formula is C8H14O. The molecule has 1 heteroatoms. The van der Waals surface area contributed by atoms with Crippen LogP contribution < -0.4 is 0 Å². The average Bonchev–Trinajstić information content (AvgIpc) is 2.55. The minimum atomic E-state index is 0.0671. The third-order valence-corrected chi connectivity index (χ3v) is 2.80. The molecule has 0 unspecified atom stereocenters. The molecule has 0 aromatic rings.